The molecule has 0 aromatic carbocycles. The van der Waals surface area contributed by atoms with Crippen molar-refractivity contribution in [2.24, 2.45) is 0 Å². The van der Waals surface area contributed by atoms with Gasteiger partial charge in [-0.3, -0.25) is 4.98 Å². The number of rotatable bonds is 1. The third-order valence-corrected chi connectivity index (χ3v) is 2.32. The van der Waals surface area contributed by atoms with Gasteiger partial charge in [-0.05, 0) is 6.07 Å². The normalized spacial score (nSPS) is 10.3. The maximum atomic E-state index is 12.7. The monoisotopic (exact) mass is 215 g/mol. The minimum Gasteiger partial charge on any atom is -0.261 e. The molecular formula is C7H3ClFN3S. The highest BCUT2D eigenvalue weighted by molar-refractivity contribution is 6.99. The van der Waals surface area contributed by atoms with Gasteiger partial charge in [0.15, 0.2) is 5.15 Å². The standard InChI is InChI=1S/C7H3ClFN3S/c8-7-6(11-13-12-7)4-1-5(9)3-10-2-4/h1-3H. The van der Waals surface area contributed by atoms with Crippen LogP contribution >= 0.6 is 23.3 Å². The van der Waals surface area contributed by atoms with Crippen LogP contribution in [0.2, 0.25) is 5.15 Å². The molecule has 0 spiro atoms. The van der Waals surface area contributed by atoms with E-state index in [2.05, 4.69) is 13.7 Å². The second-order valence-corrected chi connectivity index (χ2v) is 3.18. The van der Waals surface area contributed by atoms with Crippen LogP contribution in [0.3, 0.4) is 0 Å². The first-order chi connectivity index (χ1) is 6.27. The Labute approximate surface area is 82.5 Å². The van der Waals surface area contributed by atoms with Gasteiger partial charge in [-0.1, -0.05) is 11.6 Å². The first kappa shape index (κ1) is 8.52. The van der Waals surface area contributed by atoms with Crippen molar-refractivity contribution in [1.29, 1.82) is 0 Å². The number of hydrogen-bond acceptors (Lipinski definition) is 4. The predicted octanol–water partition coefficient (Wildman–Crippen LogP) is 2.39. The Morgan fingerprint density at radius 3 is 2.77 bits per heavy atom. The van der Waals surface area contributed by atoms with Gasteiger partial charge in [0.2, 0.25) is 0 Å². The van der Waals surface area contributed by atoms with E-state index in [1.54, 1.807) is 0 Å². The van der Waals surface area contributed by atoms with Gasteiger partial charge in [0, 0.05) is 11.8 Å². The average molecular weight is 216 g/mol. The quantitative estimate of drug-likeness (QED) is 0.733. The lowest BCUT2D eigenvalue weighted by Crippen LogP contribution is -1.83. The molecule has 0 aliphatic heterocycles. The number of halogens is 2. The molecule has 0 N–H and O–H groups in total. The van der Waals surface area contributed by atoms with Crippen LogP contribution in [-0.2, 0) is 0 Å². The predicted molar refractivity (Wildman–Crippen MR) is 48.1 cm³/mol. The van der Waals surface area contributed by atoms with Crippen molar-refractivity contribution in [3.63, 3.8) is 0 Å². The summed E-state index contributed by atoms with van der Waals surface area (Å²) >= 11 is 6.70. The summed E-state index contributed by atoms with van der Waals surface area (Å²) in [5, 5.41) is 0.275. The van der Waals surface area contributed by atoms with Gasteiger partial charge >= 0.3 is 0 Å². The van der Waals surface area contributed by atoms with Crippen LogP contribution < -0.4 is 0 Å². The highest BCUT2D eigenvalue weighted by Gasteiger charge is 2.08. The summed E-state index contributed by atoms with van der Waals surface area (Å²) < 4.78 is 20.4. The molecule has 0 radical (unpaired) electrons. The number of pyridine rings is 1. The van der Waals surface area contributed by atoms with E-state index in [9.17, 15) is 4.39 Å². The zero-order chi connectivity index (χ0) is 9.26. The second-order valence-electron chi connectivity index (χ2n) is 2.30. The van der Waals surface area contributed by atoms with Crippen molar-refractivity contribution in [3.05, 3.63) is 29.4 Å². The van der Waals surface area contributed by atoms with E-state index in [1.165, 1.54) is 12.3 Å². The average Bonchev–Trinajstić information content (AvgIpc) is 2.51. The van der Waals surface area contributed by atoms with Gasteiger partial charge in [-0.15, -0.1) is 0 Å². The smallest absolute Gasteiger partial charge is 0.170 e. The van der Waals surface area contributed by atoms with Crippen LogP contribution in [0.4, 0.5) is 4.39 Å². The minimum absolute atomic E-state index is 0.275. The molecule has 2 heterocycles. The van der Waals surface area contributed by atoms with Crippen LogP contribution in [0, 0.1) is 5.82 Å². The zero-order valence-corrected chi connectivity index (χ0v) is 7.81. The van der Waals surface area contributed by atoms with E-state index >= 15 is 0 Å². The third-order valence-electron chi connectivity index (χ3n) is 1.43. The molecule has 0 aliphatic carbocycles. The Morgan fingerprint density at radius 1 is 1.31 bits per heavy atom. The zero-order valence-electron chi connectivity index (χ0n) is 6.24. The molecule has 0 bridgehead atoms. The van der Waals surface area contributed by atoms with Crippen molar-refractivity contribution in [2.75, 3.05) is 0 Å². The second kappa shape index (κ2) is 3.35. The molecule has 66 valence electrons. The van der Waals surface area contributed by atoms with Gasteiger partial charge in [0.1, 0.15) is 11.5 Å². The molecule has 0 saturated heterocycles. The first-order valence-electron chi connectivity index (χ1n) is 3.36. The highest BCUT2D eigenvalue weighted by atomic mass is 35.5. The van der Waals surface area contributed by atoms with Crippen molar-refractivity contribution >= 4 is 23.3 Å². The van der Waals surface area contributed by atoms with Crippen LogP contribution in [0.1, 0.15) is 0 Å². The van der Waals surface area contributed by atoms with E-state index in [-0.39, 0.29) is 5.15 Å². The number of aromatic nitrogens is 3. The summed E-state index contributed by atoms with van der Waals surface area (Å²) in [4.78, 5) is 3.68. The molecule has 0 atom stereocenters. The largest absolute Gasteiger partial charge is 0.261 e. The summed E-state index contributed by atoms with van der Waals surface area (Å²) in [6.07, 6.45) is 2.61. The molecule has 0 unspecified atom stereocenters. The molecule has 0 amide bonds. The Morgan fingerprint density at radius 2 is 2.15 bits per heavy atom. The Kier molecular flexibility index (Phi) is 2.20. The summed E-state index contributed by atoms with van der Waals surface area (Å²) in [6.45, 7) is 0. The van der Waals surface area contributed by atoms with E-state index < -0.39 is 5.82 Å². The van der Waals surface area contributed by atoms with E-state index in [1.807, 2.05) is 0 Å². The van der Waals surface area contributed by atoms with Crippen LogP contribution in [-0.4, -0.2) is 13.7 Å². The first-order valence-corrected chi connectivity index (χ1v) is 4.47. The van der Waals surface area contributed by atoms with Crippen molar-refractivity contribution < 1.29 is 4.39 Å². The van der Waals surface area contributed by atoms with Crippen LogP contribution in [0.15, 0.2) is 18.5 Å². The van der Waals surface area contributed by atoms with Crippen molar-refractivity contribution in [2.45, 2.75) is 0 Å². The lowest BCUT2D eigenvalue weighted by atomic mass is 10.2. The summed E-state index contributed by atoms with van der Waals surface area (Å²) in [5.74, 6) is -0.415. The Bertz CT molecular complexity index is 431. The van der Waals surface area contributed by atoms with E-state index in [4.69, 9.17) is 11.6 Å². The topological polar surface area (TPSA) is 38.7 Å². The number of hydrogen-bond donors (Lipinski definition) is 0. The van der Waals surface area contributed by atoms with Crippen LogP contribution in [0.25, 0.3) is 11.3 Å². The molecule has 0 saturated carbocycles. The lowest BCUT2D eigenvalue weighted by Gasteiger charge is -1.94. The fourth-order valence-electron chi connectivity index (χ4n) is 0.891. The molecule has 13 heavy (non-hydrogen) atoms. The van der Waals surface area contributed by atoms with Crippen molar-refractivity contribution in [1.82, 2.24) is 13.7 Å². The molecular weight excluding hydrogens is 213 g/mol. The van der Waals surface area contributed by atoms with E-state index in [0.717, 1.165) is 17.9 Å². The molecule has 3 nitrogen and oxygen atoms in total. The SMILES string of the molecule is Fc1cncc(-c2nsnc2Cl)c1. The maximum absolute atomic E-state index is 12.7. The Balaban J connectivity index is 2.53. The van der Waals surface area contributed by atoms with Gasteiger partial charge in [-0.25, -0.2) is 4.39 Å². The maximum Gasteiger partial charge on any atom is 0.170 e. The van der Waals surface area contributed by atoms with E-state index in [0.29, 0.717) is 11.3 Å². The summed E-state index contributed by atoms with van der Waals surface area (Å²) in [6, 6.07) is 1.32. The fourth-order valence-corrected chi connectivity index (χ4v) is 1.66. The van der Waals surface area contributed by atoms with Crippen LogP contribution in [0.5, 0.6) is 0 Å². The van der Waals surface area contributed by atoms with Gasteiger partial charge in [0.05, 0.1) is 17.9 Å². The van der Waals surface area contributed by atoms with Gasteiger partial charge in [0.25, 0.3) is 0 Å². The molecule has 2 aromatic heterocycles. The molecule has 0 aliphatic rings. The Hall–Kier alpha value is -1.07. The van der Waals surface area contributed by atoms with Gasteiger partial charge < -0.3 is 0 Å². The molecule has 6 heteroatoms. The molecule has 2 aromatic rings. The molecule has 2 rings (SSSR count). The highest BCUT2D eigenvalue weighted by Crippen LogP contribution is 2.24. The fraction of sp³-hybridized carbons (Fsp3) is 0. The summed E-state index contributed by atoms with van der Waals surface area (Å²) in [7, 11) is 0. The van der Waals surface area contributed by atoms with Crippen molar-refractivity contribution in [3.8, 4) is 11.3 Å². The summed E-state index contributed by atoms with van der Waals surface area (Å²) in [5.41, 5.74) is 1.01. The molecule has 0 fully saturated rings. The number of nitrogens with zero attached hydrogens (tertiary/aromatic N) is 3. The third kappa shape index (κ3) is 1.66. The van der Waals surface area contributed by atoms with Gasteiger partial charge in [-0.2, -0.15) is 8.75 Å². The lowest BCUT2D eigenvalue weighted by molar-refractivity contribution is 0.622. The minimum atomic E-state index is -0.415.